The molecule has 0 saturated carbocycles. The summed E-state index contributed by atoms with van der Waals surface area (Å²) in [6.45, 7) is -0.709. The van der Waals surface area contributed by atoms with Gasteiger partial charge in [-0.3, -0.25) is 0 Å². The van der Waals surface area contributed by atoms with Crippen LogP contribution >= 0.6 is 11.8 Å². The molecule has 0 saturated heterocycles. The van der Waals surface area contributed by atoms with Gasteiger partial charge >= 0.3 is 12.1 Å². The predicted molar refractivity (Wildman–Crippen MR) is 96.0 cm³/mol. The molecule has 0 spiro atoms. The standard InChI is InChI=1S/C17H16F3NO5S2/c1-21(2)28(24,25)13-6-4-12(5-7-13)27-15-9-11(17(18,19)20)3-8-14(15)26-10-16(22)23/h3-9H,10H2,1-2H3,(H,22,23). The van der Waals surface area contributed by atoms with Crippen molar-refractivity contribution >= 4 is 27.8 Å². The van der Waals surface area contributed by atoms with Crippen LogP contribution in [-0.4, -0.2) is 44.5 Å². The molecule has 0 aliphatic carbocycles. The second-order valence-corrected chi connectivity index (χ2v) is 8.97. The molecule has 11 heteroatoms. The zero-order chi connectivity index (χ0) is 21.1. The summed E-state index contributed by atoms with van der Waals surface area (Å²) in [5.41, 5.74) is -0.913. The Morgan fingerprint density at radius 3 is 2.25 bits per heavy atom. The molecular formula is C17H16F3NO5S2. The summed E-state index contributed by atoms with van der Waals surface area (Å²) >= 11 is 0.898. The van der Waals surface area contributed by atoms with Crippen molar-refractivity contribution in [2.24, 2.45) is 0 Å². The number of ether oxygens (including phenoxy) is 1. The molecule has 0 fully saturated rings. The molecule has 0 heterocycles. The van der Waals surface area contributed by atoms with Gasteiger partial charge in [0.25, 0.3) is 0 Å². The van der Waals surface area contributed by atoms with E-state index in [9.17, 15) is 26.4 Å². The number of sulfonamides is 1. The number of halogens is 3. The van der Waals surface area contributed by atoms with Crippen molar-refractivity contribution in [2.75, 3.05) is 20.7 Å². The zero-order valence-corrected chi connectivity index (χ0v) is 16.4. The minimum absolute atomic E-state index is 0.0228. The van der Waals surface area contributed by atoms with Crippen molar-refractivity contribution in [3.8, 4) is 5.75 Å². The number of carbonyl (C=O) groups is 1. The van der Waals surface area contributed by atoms with E-state index in [4.69, 9.17) is 9.84 Å². The van der Waals surface area contributed by atoms with Gasteiger partial charge in [0.1, 0.15) is 5.75 Å². The fraction of sp³-hybridized carbons (Fsp3) is 0.235. The highest BCUT2D eigenvalue weighted by molar-refractivity contribution is 7.99. The fourth-order valence-electron chi connectivity index (χ4n) is 2.04. The quantitative estimate of drug-likeness (QED) is 0.716. The molecule has 28 heavy (non-hydrogen) atoms. The van der Waals surface area contributed by atoms with Crippen molar-refractivity contribution < 1.29 is 36.2 Å². The average molecular weight is 435 g/mol. The fourth-order valence-corrected chi connectivity index (χ4v) is 3.88. The number of nitrogens with zero attached hydrogens (tertiary/aromatic N) is 1. The number of benzene rings is 2. The van der Waals surface area contributed by atoms with Gasteiger partial charge in [-0.2, -0.15) is 13.2 Å². The second kappa shape index (κ2) is 8.41. The Hall–Kier alpha value is -2.24. The number of hydrogen-bond acceptors (Lipinski definition) is 5. The lowest BCUT2D eigenvalue weighted by Crippen LogP contribution is -2.22. The van der Waals surface area contributed by atoms with Gasteiger partial charge < -0.3 is 9.84 Å². The van der Waals surface area contributed by atoms with E-state index in [0.717, 1.165) is 34.3 Å². The summed E-state index contributed by atoms with van der Waals surface area (Å²) in [6, 6.07) is 8.27. The molecule has 6 nitrogen and oxygen atoms in total. The lowest BCUT2D eigenvalue weighted by molar-refractivity contribution is -0.140. The van der Waals surface area contributed by atoms with Crippen LogP contribution in [0.3, 0.4) is 0 Å². The van der Waals surface area contributed by atoms with Crippen LogP contribution in [0, 0.1) is 0 Å². The highest BCUT2D eigenvalue weighted by atomic mass is 32.2. The maximum Gasteiger partial charge on any atom is 0.416 e. The average Bonchev–Trinajstić information content (AvgIpc) is 2.60. The van der Waals surface area contributed by atoms with Gasteiger partial charge in [-0.1, -0.05) is 11.8 Å². The van der Waals surface area contributed by atoms with Crippen LogP contribution in [0.4, 0.5) is 13.2 Å². The maximum absolute atomic E-state index is 13.0. The van der Waals surface area contributed by atoms with Crippen molar-refractivity contribution in [3.05, 3.63) is 48.0 Å². The van der Waals surface area contributed by atoms with Crippen LogP contribution in [0.1, 0.15) is 5.56 Å². The smallest absolute Gasteiger partial charge is 0.416 e. The van der Waals surface area contributed by atoms with E-state index in [1.165, 1.54) is 38.4 Å². The molecule has 1 N–H and O–H groups in total. The summed E-state index contributed by atoms with van der Waals surface area (Å²) in [6.07, 6.45) is -4.58. The molecule has 0 aromatic heterocycles. The van der Waals surface area contributed by atoms with Crippen LogP contribution < -0.4 is 4.74 Å². The Kier molecular flexibility index (Phi) is 6.63. The Morgan fingerprint density at radius 1 is 1.14 bits per heavy atom. The van der Waals surface area contributed by atoms with E-state index in [1.807, 2.05) is 0 Å². The van der Waals surface area contributed by atoms with Crippen molar-refractivity contribution in [1.29, 1.82) is 0 Å². The number of alkyl halides is 3. The first kappa shape index (κ1) is 22.1. The van der Waals surface area contributed by atoms with E-state index in [1.54, 1.807) is 0 Å². The molecule has 152 valence electrons. The molecule has 0 amide bonds. The van der Waals surface area contributed by atoms with Gasteiger partial charge in [-0.15, -0.1) is 0 Å². The van der Waals surface area contributed by atoms with Gasteiger partial charge in [-0.25, -0.2) is 17.5 Å². The number of carboxylic acids is 1. The van der Waals surface area contributed by atoms with Gasteiger partial charge in [0.05, 0.1) is 15.4 Å². The molecule has 0 radical (unpaired) electrons. The van der Waals surface area contributed by atoms with Crippen molar-refractivity contribution in [1.82, 2.24) is 4.31 Å². The molecule has 2 aromatic rings. The highest BCUT2D eigenvalue weighted by Gasteiger charge is 2.31. The number of carboxylic acid groups (broad SMARTS) is 1. The highest BCUT2D eigenvalue weighted by Crippen LogP contribution is 2.40. The molecule has 2 aromatic carbocycles. The molecule has 0 unspecified atom stereocenters. The molecule has 0 atom stereocenters. The Morgan fingerprint density at radius 2 is 1.75 bits per heavy atom. The van der Waals surface area contributed by atoms with Crippen molar-refractivity contribution in [3.63, 3.8) is 0 Å². The van der Waals surface area contributed by atoms with Crippen LogP contribution in [0.5, 0.6) is 5.75 Å². The molecular weight excluding hydrogens is 419 g/mol. The van der Waals surface area contributed by atoms with Gasteiger partial charge in [-0.05, 0) is 42.5 Å². The molecule has 0 aliphatic rings. The monoisotopic (exact) mass is 435 g/mol. The summed E-state index contributed by atoms with van der Waals surface area (Å²) in [5, 5.41) is 8.72. The molecule has 0 bridgehead atoms. The first-order valence-electron chi connectivity index (χ1n) is 7.67. The first-order chi connectivity index (χ1) is 12.9. The summed E-state index contributed by atoms with van der Waals surface area (Å²) < 4.78 is 69.2. The minimum Gasteiger partial charge on any atom is -0.481 e. The SMILES string of the molecule is CN(C)S(=O)(=O)c1ccc(Sc2cc(C(F)(F)F)ccc2OCC(=O)O)cc1. The minimum atomic E-state index is -4.58. The summed E-state index contributed by atoms with van der Waals surface area (Å²) in [4.78, 5) is 11.2. The Labute approximate surface area is 164 Å². The van der Waals surface area contributed by atoms with Crippen molar-refractivity contribution in [2.45, 2.75) is 20.9 Å². The van der Waals surface area contributed by atoms with Gasteiger partial charge in [0, 0.05) is 19.0 Å². The van der Waals surface area contributed by atoms with Crippen LogP contribution in [0.2, 0.25) is 0 Å². The van der Waals surface area contributed by atoms with Crippen LogP contribution in [-0.2, 0) is 21.0 Å². The summed E-state index contributed by atoms with van der Waals surface area (Å²) in [5.74, 6) is -1.29. The largest absolute Gasteiger partial charge is 0.481 e. The predicted octanol–water partition coefficient (Wildman–Crippen LogP) is 3.57. The van der Waals surface area contributed by atoms with E-state index in [2.05, 4.69) is 0 Å². The van der Waals surface area contributed by atoms with Gasteiger partial charge in [0.2, 0.25) is 10.0 Å². The Balaban J connectivity index is 2.36. The zero-order valence-electron chi connectivity index (χ0n) is 14.7. The van der Waals surface area contributed by atoms with E-state index in [-0.39, 0.29) is 15.5 Å². The van der Waals surface area contributed by atoms with Crippen LogP contribution in [0.25, 0.3) is 0 Å². The third-order valence-corrected chi connectivity index (χ3v) is 6.33. The normalized spacial score (nSPS) is 12.2. The molecule has 0 aliphatic heterocycles. The topological polar surface area (TPSA) is 83.9 Å². The van der Waals surface area contributed by atoms with E-state index >= 15 is 0 Å². The van der Waals surface area contributed by atoms with Crippen LogP contribution in [0.15, 0.2) is 57.2 Å². The number of aliphatic carboxylic acids is 1. The summed E-state index contributed by atoms with van der Waals surface area (Å²) in [7, 11) is -0.870. The second-order valence-electron chi connectivity index (χ2n) is 5.70. The lowest BCUT2D eigenvalue weighted by Gasteiger charge is -2.14. The maximum atomic E-state index is 13.0. The number of hydrogen-bond donors (Lipinski definition) is 1. The molecule has 2 rings (SSSR count). The lowest BCUT2D eigenvalue weighted by atomic mass is 10.2. The van der Waals surface area contributed by atoms with Gasteiger partial charge in [0.15, 0.2) is 6.61 Å². The first-order valence-corrected chi connectivity index (χ1v) is 9.93. The third-order valence-electron chi connectivity index (χ3n) is 3.45. The number of rotatable bonds is 7. The van der Waals surface area contributed by atoms with E-state index < -0.39 is 34.3 Å². The third kappa shape index (κ3) is 5.40. The van der Waals surface area contributed by atoms with E-state index in [0.29, 0.717) is 4.90 Å². The Bertz CT molecular complexity index is 958.